The first-order valence-corrected chi connectivity index (χ1v) is 18.5. The Morgan fingerprint density at radius 1 is 1.19 bits per heavy atom. The Bertz CT molecular complexity index is 1440. The summed E-state index contributed by atoms with van der Waals surface area (Å²) in [5, 5.41) is 15.3. The van der Waals surface area contributed by atoms with E-state index < -0.39 is 29.7 Å². The Balaban J connectivity index is 1.53. The normalized spacial score (nSPS) is 30.3. The Hall–Kier alpha value is -2.26. The predicted octanol–water partition coefficient (Wildman–Crippen LogP) is 2.86. The molecule has 5 rings (SSSR count). The van der Waals surface area contributed by atoms with E-state index in [1.165, 1.54) is 6.26 Å². The second kappa shape index (κ2) is 9.19. The molecule has 2 N–H and O–H groups in total. The summed E-state index contributed by atoms with van der Waals surface area (Å²) in [6.07, 6.45) is 8.26. The SMILES string of the molecule is C[C@@]1(O)CCC[C@H]1n1c(=O)c(C#C[Si](C)(C)C)cc2cnc(NC3C[C@H]4CC[C@@H](C3)N4S(C)(=O)=O)nc21. The summed E-state index contributed by atoms with van der Waals surface area (Å²) in [5.41, 5.74) is 2.95. The van der Waals surface area contributed by atoms with E-state index in [1.807, 2.05) is 0 Å². The smallest absolute Gasteiger partial charge is 0.268 e. The topological polar surface area (TPSA) is 117 Å². The van der Waals surface area contributed by atoms with Gasteiger partial charge in [-0.3, -0.25) is 9.36 Å². The third kappa shape index (κ3) is 5.21. The zero-order valence-corrected chi connectivity index (χ0v) is 24.1. The fourth-order valence-electron chi connectivity index (χ4n) is 6.34. The number of aromatic nitrogens is 3. The highest BCUT2D eigenvalue weighted by atomic mass is 32.2. The first-order chi connectivity index (χ1) is 17.2. The monoisotopic (exact) mass is 543 g/mol. The second-order valence-electron chi connectivity index (χ2n) is 12.3. The van der Waals surface area contributed by atoms with E-state index in [9.17, 15) is 18.3 Å². The van der Waals surface area contributed by atoms with Crippen molar-refractivity contribution in [2.75, 3.05) is 11.6 Å². The maximum absolute atomic E-state index is 13.7. The van der Waals surface area contributed by atoms with Gasteiger partial charge in [-0.2, -0.15) is 9.29 Å². The van der Waals surface area contributed by atoms with Crippen molar-refractivity contribution in [1.82, 2.24) is 18.8 Å². The fourth-order valence-corrected chi connectivity index (χ4v) is 8.31. The number of pyridine rings is 1. The number of hydrogen-bond acceptors (Lipinski definition) is 7. The highest BCUT2D eigenvalue weighted by Crippen LogP contribution is 2.40. The van der Waals surface area contributed by atoms with Gasteiger partial charge in [0.15, 0.2) is 0 Å². The third-order valence-corrected chi connectivity index (χ3v) is 10.2. The molecule has 2 bridgehead atoms. The van der Waals surface area contributed by atoms with Gasteiger partial charge < -0.3 is 10.4 Å². The molecule has 1 saturated carbocycles. The lowest BCUT2D eigenvalue weighted by Gasteiger charge is -2.37. The maximum Gasteiger partial charge on any atom is 0.268 e. The minimum Gasteiger partial charge on any atom is -0.388 e. The van der Waals surface area contributed by atoms with E-state index in [0.717, 1.165) is 19.3 Å². The number of nitrogens with one attached hydrogen (secondary N) is 1. The van der Waals surface area contributed by atoms with Crippen LogP contribution in [0.15, 0.2) is 17.1 Å². The van der Waals surface area contributed by atoms with Gasteiger partial charge in [-0.15, -0.1) is 5.54 Å². The molecule has 0 spiro atoms. The molecule has 1 unspecified atom stereocenters. The van der Waals surface area contributed by atoms with Gasteiger partial charge in [0.1, 0.15) is 13.7 Å². The van der Waals surface area contributed by atoms with Crippen LogP contribution in [0.2, 0.25) is 19.6 Å². The number of nitrogens with zero attached hydrogens (tertiary/aromatic N) is 4. The van der Waals surface area contributed by atoms with Crippen LogP contribution in [0.3, 0.4) is 0 Å². The minimum atomic E-state index is -3.23. The Morgan fingerprint density at radius 2 is 1.86 bits per heavy atom. The molecule has 11 heteroatoms. The number of sulfonamides is 1. The lowest BCUT2D eigenvalue weighted by molar-refractivity contribution is 0.0266. The first kappa shape index (κ1) is 26.3. The van der Waals surface area contributed by atoms with Crippen molar-refractivity contribution in [3.8, 4) is 11.5 Å². The maximum atomic E-state index is 13.7. The number of rotatable bonds is 4. The van der Waals surface area contributed by atoms with Crippen LogP contribution in [0.5, 0.6) is 0 Å². The number of aliphatic hydroxyl groups is 1. The molecule has 2 aromatic rings. The summed E-state index contributed by atoms with van der Waals surface area (Å²) in [4.78, 5) is 23.1. The third-order valence-electron chi connectivity index (χ3n) is 7.92. The van der Waals surface area contributed by atoms with Gasteiger partial charge in [0.25, 0.3) is 5.56 Å². The van der Waals surface area contributed by atoms with Gasteiger partial charge in [-0.1, -0.05) is 25.6 Å². The van der Waals surface area contributed by atoms with Crippen molar-refractivity contribution in [1.29, 1.82) is 0 Å². The summed E-state index contributed by atoms with van der Waals surface area (Å²) in [5.74, 6) is 3.53. The molecule has 2 aromatic heterocycles. The molecule has 0 aromatic carbocycles. The van der Waals surface area contributed by atoms with Gasteiger partial charge in [-0.05, 0) is 57.9 Å². The van der Waals surface area contributed by atoms with Crippen LogP contribution in [0, 0.1) is 11.5 Å². The fraction of sp³-hybridized carbons (Fsp3) is 0.654. The van der Waals surface area contributed by atoms with E-state index in [2.05, 4.69) is 41.4 Å². The van der Waals surface area contributed by atoms with E-state index >= 15 is 0 Å². The molecule has 2 aliphatic heterocycles. The van der Waals surface area contributed by atoms with Crippen LogP contribution in [-0.2, 0) is 10.0 Å². The lowest BCUT2D eigenvalue weighted by Crippen LogP contribution is -2.49. The summed E-state index contributed by atoms with van der Waals surface area (Å²) in [6, 6.07) is 1.40. The van der Waals surface area contributed by atoms with Gasteiger partial charge >= 0.3 is 0 Å². The van der Waals surface area contributed by atoms with Crippen molar-refractivity contribution < 1.29 is 13.5 Å². The largest absolute Gasteiger partial charge is 0.388 e. The van der Waals surface area contributed by atoms with Crippen molar-refractivity contribution >= 4 is 35.1 Å². The molecule has 1 aliphatic carbocycles. The van der Waals surface area contributed by atoms with E-state index in [4.69, 9.17) is 4.98 Å². The van der Waals surface area contributed by atoms with Crippen molar-refractivity contribution in [3.63, 3.8) is 0 Å². The summed E-state index contributed by atoms with van der Waals surface area (Å²) >= 11 is 0. The number of anilines is 1. The van der Waals surface area contributed by atoms with Crippen LogP contribution in [0.4, 0.5) is 5.95 Å². The molecular formula is C26H37N5O4SSi. The predicted molar refractivity (Wildman–Crippen MR) is 148 cm³/mol. The summed E-state index contributed by atoms with van der Waals surface area (Å²) < 4.78 is 27.8. The molecule has 0 amide bonds. The zero-order valence-electron chi connectivity index (χ0n) is 22.3. The van der Waals surface area contributed by atoms with Gasteiger partial charge in [-0.25, -0.2) is 13.4 Å². The van der Waals surface area contributed by atoms with Gasteiger partial charge in [0.05, 0.1) is 23.5 Å². The summed E-state index contributed by atoms with van der Waals surface area (Å²) in [6.45, 7) is 8.19. The van der Waals surface area contributed by atoms with Crippen molar-refractivity contribution in [2.24, 2.45) is 0 Å². The Labute approximate surface area is 219 Å². The number of fused-ring (bicyclic) bond motifs is 3. The van der Waals surface area contributed by atoms with Crippen molar-refractivity contribution in [2.45, 2.75) is 101 Å². The summed E-state index contributed by atoms with van der Waals surface area (Å²) in [7, 11) is -4.94. The molecule has 3 fully saturated rings. The van der Waals surface area contributed by atoms with Crippen LogP contribution in [0.1, 0.15) is 63.5 Å². The lowest BCUT2D eigenvalue weighted by atomic mass is 9.99. The van der Waals surface area contributed by atoms with Gasteiger partial charge in [0, 0.05) is 29.7 Å². The number of hydrogen-bond donors (Lipinski definition) is 2. The quantitative estimate of drug-likeness (QED) is 0.450. The molecule has 3 aliphatic rings. The molecule has 37 heavy (non-hydrogen) atoms. The first-order valence-electron chi connectivity index (χ1n) is 13.2. The van der Waals surface area contributed by atoms with E-state index in [-0.39, 0.29) is 23.7 Å². The Morgan fingerprint density at radius 3 is 2.43 bits per heavy atom. The standard InChI is InChI=1S/C26H37N5O4SSi/c1-26(33)11-6-7-22(26)30-23-18(13-17(24(30)32)10-12-37(3,4)5)16-27-25(29-23)28-19-14-20-8-9-21(15-19)31(20)36(2,34)35/h13,16,19-22,33H,6-9,11,14-15H2,1-5H3,(H,27,28,29)/t19?,20-,21+,22-,26-/m1/s1. The van der Waals surface area contributed by atoms with E-state index in [0.29, 0.717) is 48.2 Å². The molecular weight excluding hydrogens is 506 g/mol. The minimum absolute atomic E-state index is 0.00836. The van der Waals surface area contributed by atoms with Crippen LogP contribution in [0.25, 0.3) is 11.0 Å². The van der Waals surface area contributed by atoms with Crippen LogP contribution in [-0.4, -0.2) is 70.4 Å². The highest BCUT2D eigenvalue weighted by molar-refractivity contribution is 7.88. The molecule has 2 saturated heterocycles. The van der Waals surface area contributed by atoms with Crippen LogP contribution < -0.4 is 10.9 Å². The average molecular weight is 544 g/mol. The Kier molecular flexibility index (Phi) is 6.54. The number of piperidine rings is 1. The van der Waals surface area contributed by atoms with Crippen molar-refractivity contribution in [3.05, 3.63) is 28.2 Å². The molecule has 200 valence electrons. The second-order valence-corrected chi connectivity index (χ2v) is 18.9. The highest BCUT2D eigenvalue weighted by Gasteiger charge is 2.45. The average Bonchev–Trinajstić information content (AvgIpc) is 3.27. The molecule has 0 radical (unpaired) electrons. The zero-order chi connectivity index (χ0) is 26.8. The molecule has 5 atom stereocenters. The van der Waals surface area contributed by atoms with Crippen LogP contribution >= 0.6 is 0 Å². The van der Waals surface area contributed by atoms with Gasteiger partial charge in [0.2, 0.25) is 16.0 Å². The molecule has 4 heterocycles. The molecule has 9 nitrogen and oxygen atoms in total. The van der Waals surface area contributed by atoms with E-state index in [1.54, 1.807) is 28.1 Å².